The molecule has 0 saturated carbocycles. The van der Waals surface area contributed by atoms with Gasteiger partial charge in [0.05, 0.1) is 6.61 Å². The van der Waals surface area contributed by atoms with Gasteiger partial charge in [0.15, 0.2) is 6.79 Å². The van der Waals surface area contributed by atoms with E-state index < -0.39 is 8.32 Å². The first-order chi connectivity index (χ1) is 16.8. The van der Waals surface area contributed by atoms with Crippen LogP contribution in [0.5, 0.6) is 0 Å². The highest BCUT2D eigenvalue weighted by Gasteiger charge is 2.50. The summed E-state index contributed by atoms with van der Waals surface area (Å²) in [5, 5.41) is 2.36. The van der Waals surface area contributed by atoms with Gasteiger partial charge in [0, 0.05) is 19.4 Å². The summed E-state index contributed by atoms with van der Waals surface area (Å²) in [6.45, 7) is 13.6. The van der Waals surface area contributed by atoms with Gasteiger partial charge < -0.3 is 18.6 Å². The number of ether oxygens (including phenoxy) is 3. The minimum atomic E-state index is -2.63. The predicted octanol–water partition coefficient (Wildman–Crippen LogP) is 5.11. The van der Waals surface area contributed by atoms with E-state index in [9.17, 15) is 4.79 Å². The summed E-state index contributed by atoms with van der Waals surface area (Å²) >= 11 is 0. The molecular formula is C29H38O5Si. The first-order valence-corrected chi connectivity index (χ1v) is 14.1. The average Bonchev–Trinajstić information content (AvgIpc) is 2.84. The standard InChI is InChI=1S/C29H38O5Si/c1-6-13-24(34-28(30)20-27-23(2)21-31-22-32-27)18-19-33-35(29(3,4)5,25-14-9-7-10-15-25)26-16-11-8-12-17-26/h6-12,14-17,24H,1,13,18-22H2,2-5H3/t24-/m0/s1. The Labute approximate surface area is 210 Å². The normalized spacial score (nSPS) is 15.3. The van der Waals surface area contributed by atoms with Crippen molar-refractivity contribution in [2.24, 2.45) is 0 Å². The highest BCUT2D eigenvalue weighted by Crippen LogP contribution is 2.37. The van der Waals surface area contributed by atoms with Gasteiger partial charge >= 0.3 is 5.97 Å². The van der Waals surface area contributed by atoms with Gasteiger partial charge in [0.2, 0.25) is 0 Å². The number of carbonyl (C=O) groups excluding carboxylic acids is 1. The number of rotatable bonds is 11. The number of hydrogen-bond acceptors (Lipinski definition) is 5. The van der Waals surface area contributed by atoms with E-state index in [4.69, 9.17) is 18.6 Å². The van der Waals surface area contributed by atoms with Crippen LogP contribution in [0.3, 0.4) is 0 Å². The smallest absolute Gasteiger partial charge is 0.313 e. The average molecular weight is 495 g/mol. The predicted molar refractivity (Wildman–Crippen MR) is 142 cm³/mol. The fourth-order valence-electron chi connectivity index (χ4n) is 4.59. The Kier molecular flexibility index (Phi) is 9.49. The second-order valence-electron chi connectivity index (χ2n) is 9.93. The van der Waals surface area contributed by atoms with Crippen molar-refractivity contribution in [3.63, 3.8) is 0 Å². The molecule has 6 heteroatoms. The zero-order chi connectivity index (χ0) is 25.3. The Hall–Kier alpha value is -2.67. The van der Waals surface area contributed by atoms with Crippen LogP contribution in [-0.2, 0) is 23.4 Å². The lowest BCUT2D eigenvalue weighted by molar-refractivity contribution is -0.150. The topological polar surface area (TPSA) is 54.0 Å². The molecule has 1 aliphatic rings. The molecule has 2 aromatic carbocycles. The first-order valence-electron chi connectivity index (χ1n) is 12.2. The van der Waals surface area contributed by atoms with Gasteiger partial charge in [-0.3, -0.25) is 4.79 Å². The molecule has 1 atom stereocenters. The molecule has 0 N–H and O–H groups in total. The quantitative estimate of drug-likeness (QED) is 0.247. The maximum Gasteiger partial charge on any atom is 0.313 e. The lowest BCUT2D eigenvalue weighted by Crippen LogP contribution is -2.66. The van der Waals surface area contributed by atoms with Gasteiger partial charge in [-0.1, -0.05) is 87.5 Å². The van der Waals surface area contributed by atoms with E-state index in [1.54, 1.807) is 6.08 Å². The lowest BCUT2D eigenvalue weighted by Gasteiger charge is -2.43. The summed E-state index contributed by atoms with van der Waals surface area (Å²) in [6, 6.07) is 21.1. The van der Waals surface area contributed by atoms with Gasteiger partial charge in [0.25, 0.3) is 8.32 Å². The Balaban J connectivity index is 1.77. The number of hydrogen-bond donors (Lipinski definition) is 0. The third-order valence-electron chi connectivity index (χ3n) is 6.32. The number of esters is 1. The Morgan fingerprint density at radius 2 is 1.69 bits per heavy atom. The van der Waals surface area contributed by atoms with Crippen molar-refractivity contribution in [2.45, 2.75) is 58.1 Å². The van der Waals surface area contributed by atoms with Gasteiger partial charge in [-0.05, 0) is 27.9 Å². The van der Waals surface area contributed by atoms with E-state index in [1.165, 1.54) is 10.4 Å². The maximum atomic E-state index is 12.7. The number of benzene rings is 2. The molecule has 35 heavy (non-hydrogen) atoms. The SMILES string of the molecule is C=CC[C@@H](CCO[Si](c1ccccc1)(c1ccccc1)C(C)(C)C)OC(=O)CC1=C(C)COCO1. The third-order valence-corrected chi connectivity index (χ3v) is 11.4. The molecule has 0 fully saturated rings. The largest absolute Gasteiger partial charge is 0.471 e. The van der Waals surface area contributed by atoms with E-state index >= 15 is 0 Å². The molecule has 0 saturated heterocycles. The van der Waals surface area contributed by atoms with Crippen LogP contribution in [0.25, 0.3) is 0 Å². The lowest BCUT2D eigenvalue weighted by atomic mass is 10.2. The van der Waals surface area contributed by atoms with Crippen molar-refractivity contribution < 1.29 is 23.4 Å². The molecular weight excluding hydrogens is 456 g/mol. The minimum absolute atomic E-state index is 0.106. The Morgan fingerprint density at radius 1 is 1.09 bits per heavy atom. The summed E-state index contributed by atoms with van der Waals surface area (Å²) in [7, 11) is -2.63. The number of carbonyl (C=O) groups is 1. The maximum absolute atomic E-state index is 12.7. The van der Waals surface area contributed by atoms with Crippen LogP contribution >= 0.6 is 0 Å². The van der Waals surface area contributed by atoms with Gasteiger partial charge in [0.1, 0.15) is 18.3 Å². The monoisotopic (exact) mass is 494 g/mol. The Morgan fingerprint density at radius 3 is 2.20 bits per heavy atom. The van der Waals surface area contributed by atoms with Crippen LogP contribution in [0.15, 0.2) is 84.7 Å². The molecule has 3 rings (SSSR count). The zero-order valence-corrected chi connectivity index (χ0v) is 22.4. The molecule has 188 valence electrons. The molecule has 1 heterocycles. The van der Waals surface area contributed by atoms with Gasteiger partial charge in [-0.2, -0.15) is 0 Å². The van der Waals surface area contributed by atoms with E-state index in [-0.39, 0.29) is 30.3 Å². The van der Waals surface area contributed by atoms with Gasteiger partial charge in [-0.15, -0.1) is 6.58 Å². The first kappa shape index (κ1) is 26.9. The molecule has 5 nitrogen and oxygen atoms in total. The molecule has 1 aliphatic heterocycles. The molecule has 0 bridgehead atoms. The zero-order valence-electron chi connectivity index (χ0n) is 21.4. The molecule has 0 unspecified atom stereocenters. The third kappa shape index (κ3) is 6.72. The van der Waals surface area contributed by atoms with Crippen molar-refractivity contribution >= 4 is 24.7 Å². The van der Waals surface area contributed by atoms with Crippen LogP contribution in [-0.4, -0.2) is 40.4 Å². The van der Waals surface area contributed by atoms with Crippen molar-refractivity contribution in [1.82, 2.24) is 0 Å². The molecule has 0 spiro atoms. The van der Waals surface area contributed by atoms with E-state index in [0.29, 0.717) is 31.8 Å². The van der Waals surface area contributed by atoms with Crippen molar-refractivity contribution in [3.8, 4) is 0 Å². The van der Waals surface area contributed by atoms with E-state index in [1.807, 2.05) is 19.1 Å². The van der Waals surface area contributed by atoms with Crippen LogP contribution in [0, 0.1) is 0 Å². The summed E-state index contributed by atoms with van der Waals surface area (Å²) < 4.78 is 23.5. The molecule has 0 amide bonds. The highest BCUT2D eigenvalue weighted by molar-refractivity contribution is 6.99. The Bertz CT molecular complexity index is 955. The van der Waals surface area contributed by atoms with Crippen molar-refractivity contribution in [2.75, 3.05) is 20.0 Å². The highest BCUT2D eigenvalue weighted by atomic mass is 28.4. The summed E-state index contributed by atoms with van der Waals surface area (Å²) in [5.74, 6) is 0.334. The molecule has 0 radical (unpaired) electrons. The second kappa shape index (κ2) is 12.3. The van der Waals surface area contributed by atoms with Crippen LogP contribution < -0.4 is 10.4 Å². The van der Waals surface area contributed by atoms with Crippen LogP contribution in [0.2, 0.25) is 5.04 Å². The molecule has 0 aliphatic carbocycles. The van der Waals surface area contributed by atoms with Crippen molar-refractivity contribution in [1.29, 1.82) is 0 Å². The fraction of sp³-hybridized carbons (Fsp3) is 0.414. The summed E-state index contributed by atoms with van der Waals surface area (Å²) in [6.07, 6.45) is 2.75. The minimum Gasteiger partial charge on any atom is -0.471 e. The molecule has 0 aromatic heterocycles. The summed E-state index contributed by atoms with van der Waals surface area (Å²) in [4.78, 5) is 12.7. The second-order valence-corrected chi connectivity index (χ2v) is 14.2. The van der Waals surface area contributed by atoms with Crippen LogP contribution in [0.4, 0.5) is 0 Å². The van der Waals surface area contributed by atoms with Crippen molar-refractivity contribution in [3.05, 3.63) is 84.7 Å². The van der Waals surface area contributed by atoms with E-state index in [2.05, 4.69) is 75.9 Å². The molecule has 2 aromatic rings. The van der Waals surface area contributed by atoms with E-state index in [0.717, 1.165) is 5.57 Å². The fourth-order valence-corrected chi connectivity index (χ4v) is 9.17. The van der Waals surface area contributed by atoms with Crippen LogP contribution in [0.1, 0.15) is 47.0 Å². The summed E-state index contributed by atoms with van der Waals surface area (Å²) in [5.41, 5.74) is 0.920. The van der Waals surface area contributed by atoms with Gasteiger partial charge in [-0.25, -0.2) is 0 Å².